The molecule has 0 fully saturated rings. The zero-order valence-electron chi connectivity index (χ0n) is 15.3. The Labute approximate surface area is 163 Å². The second kappa shape index (κ2) is 8.77. The smallest absolute Gasteiger partial charge is 0.338 e. The number of carbonyl (C=O) groups excluding carboxylic acids is 3. The first-order chi connectivity index (χ1) is 13.5. The van der Waals surface area contributed by atoms with Crippen molar-refractivity contribution in [3.8, 4) is 0 Å². The van der Waals surface area contributed by atoms with E-state index in [0.717, 1.165) is 5.56 Å². The molecule has 0 aliphatic carbocycles. The third-order valence-electron chi connectivity index (χ3n) is 4.05. The van der Waals surface area contributed by atoms with E-state index in [9.17, 15) is 14.4 Å². The summed E-state index contributed by atoms with van der Waals surface area (Å²) in [5, 5.41) is 2.67. The Bertz CT molecular complexity index is 995. The first-order valence-corrected chi connectivity index (χ1v) is 8.76. The minimum absolute atomic E-state index is 0.127. The minimum Gasteiger partial charge on any atom is -0.452 e. The Morgan fingerprint density at radius 2 is 1.43 bits per heavy atom. The predicted octanol–water partition coefficient (Wildman–Crippen LogP) is 4.02. The van der Waals surface area contributed by atoms with Gasteiger partial charge in [-0.15, -0.1) is 0 Å². The molecular weight excluding hydrogens is 354 g/mol. The van der Waals surface area contributed by atoms with E-state index in [2.05, 4.69) is 5.32 Å². The van der Waals surface area contributed by atoms with Gasteiger partial charge in [0.25, 0.3) is 5.91 Å². The number of esters is 1. The van der Waals surface area contributed by atoms with Crippen LogP contribution in [0.4, 0.5) is 5.69 Å². The molecule has 0 radical (unpaired) electrons. The Balaban J connectivity index is 1.56. The molecule has 0 spiro atoms. The number of rotatable bonds is 6. The predicted molar refractivity (Wildman–Crippen MR) is 106 cm³/mol. The Morgan fingerprint density at radius 1 is 0.786 bits per heavy atom. The van der Waals surface area contributed by atoms with E-state index in [4.69, 9.17) is 4.74 Å². The summed E-state index contributed by atoms with van der Waals surface area (Å²) >= 11 is 0. The third kappa shape index (κ3) is 4.92. The molecule has 3 aromatic carbocycles. The van der Waals surface area contributed by atoms with Crippen molar-refractivity contribution in [2.24, 2.45) is 0 Å². The highest BCUT2D eigenvalue weighted by Crippen LogP contribution is 2.12. The highest BCUT2D eigenvalue weighted by molar-refractivity contribution is 6.09. The molecule has 0 unspecified atom stereocenters. The fourth-order valence-electron chi connectivity index (χ4n) is 2.65. The van der Waals surface area contributed by atoms with Crippen LogP contribution in [0.15, 0.2) is 78.9 Å². The van der Waals surface area contributed by atoms with Gasteiger partial charge in [0.15, 0.2) is 12.4 Å². The highest BCUT2D eigenvalue weighted by atomic mass is 16.5. The van der Waals surface area contributed by atoms with Crippen LogP contribution >= 0.6 is 0 Å². The molecule has 0 saturated carbocycles. The van der Waals surface area contributed by atoms with Crippen molar-refractivity contribution in [2.75, 3.05) is 11.9 Å². The van der Waals surface area contributed by atoms with Gasteiger partial charge in [-0.05, 0) is 36.8 Å². The number of carbonyl (C=O) groups is 3. The van der Waals surface area contributed by atoms with Crippen LogP contribution < -0.4 is 5.32 Å². The van der Waals surface area contributed by atoms with Crippen LogP contribution in [-0.4, -0.2) is 24.3 Å². The quantitative estimate of drug-likeness (QED) is 0.523. The third-order valence-corrected chi connectivity index (χ3v) is 4.05. The van der Waals surface area contributed by atoms with Gasteiger partial charge in [0, 0.05) is 16.8 Å². The topological polar surface area (TPSA) is 72.5 Å². The molecule has 0 aliphatic heterocycles. The average molecular weight is 373 g/mol. The Morgan fingerprint density at radius 3 is 2.11 bits per heavy atom. The lowest BCUT2D eigenvalue weighted by Crippen LogP contribution is -2.21. The molecule has 5 heteroatoms. The van der Waals surface area contributed by atoms with Gasteiger partial charge in [0.1, 0.15) is 0 Å². The summed E-state index contributed by atoms with van der Waals surface area (Å²) in [4.78, 5) is 36.4. The lowest BCUT2D eigenvalue weighted by Gasteiger charge is -2.08. The lowest BCUT2D eigenvalue weighted by atomic mass is 10.0. The van der Waals surface area contributed by atoms with Crippen LogP contribution in [0.25, 0.3) is 0 Å². The highest BCUT2D eigenvalue weighted by Gasteiger charge is 2.13. The summed E-state index contributed by atoms with van der Waals surface area (Å²) in [6.07, 6.45) is 0. The van der Waals surface area contributed by atoms with Crippen LogP contribution in [0.3, 0.4) is 0 Å². The van der Waals surface area contributed by atoms with Gasteiger partial charge >= 0.3 is 5.97 Å². The van der Waals surface area contributed by atoms with Gasteiger partial charge < -0.3 is 10.1 Å². The monoisotopic (exact) mass is 373 g/mol. The molecule has 28 heavy (non-hydrogen) atoms. The van der Waals surface area contributed by atoms with Gasteiger partial charge in [-0.25, -0.2) is 4.79 Å². The summed E-state index contributed by atoms with van der Waals surface area (Å²) < 4.78 is 5.04. The molecule has 0 aliphatic rings. The number of ether oxygens (including phenoxy) is 1. The number of aryl methyl sites for hydroxylation is 1. The largest absolute Gasteiger partial charge is 0.452 e. The van der Waals surface area contributed by atoms with Crippen molar-refractivity contribution in [2.45, 2.75) is 6.92 Å². The molecule has 140 valence electrons. The zero-order valence-corrected chi connectivity index (χ0v) is 15.3. The van der Waals surface area contributed by atoms with Crippen molar-refractivity contribution in [3.05, 3.63) is 101 Å². The van der Waals surface area contributed by atoms with Crippen LogP contribution in [0.2, 0.25) is 0 Å². The van der Waals surface area contributed by atoms with Crippen molar-refractivity contribution in [1.29, 1.82) is 0 Å². The van der Waals surface area contributed by atoms with E-state index < -0.39 is 18.5 Å². The molecule has 0 saturated heterocycles. The fraction of sp³-hybridized carbons (Fsp3) is 0.0870. The van der Waals surface area contributed by atoms with E-state index in [1.807, 2.05) is 31.2 Å². The number of ketones is 1. The maximum Gasteiger partial charge on any atom is 0.338 e. The van der Waals surface area contributed by atoms with E-state index in [1.165, 1.54) is 12.1 Å². The number of benzene rings is 3. The van der Waals surface area contributed by atoms with E-state index in [1.54, 1.807) is 42.5 Å². The molecule has 3 rings (SSSR count). The van der Waals surface area contributed by atoms with Gasteiger partial charge in [-0.3, -0.25) is 9.59 Å². The van der Waals surface area contributed by atoms with Gasteiger partial charge in [-0.1, -0.05) is 54.6 Å². The number of hydrogen-bond donors (Lipinski definition) is 1. The summed E-state index contributed by atoms with van der Waals surface area (Å²) in [7, 11) is 0. The van der Waals surface area contributed by atoms with Crippen molar-refractivity contribution < 1.29 is 19.1 Å². The summed E-state index contributed by atoms with van der Waals surface area (Å²) in [6, 6.07) is 22.4. The van der Waals surface area contributed by atoms with Gasteiger partial charge in [0.2, 0.25) is 0 Å². The standard InChI is InChI=1S/C23H19NO4/c1-16-6-5-9-20(14-16)24-21(25)15-28-23(27)19-12-10-18(11-13-19)22(26)17-7-3-2-4-8-17/h2-14H,15H2,1H3,(H,24,25). The van der Waals surface area contributed by atoms with Crippen molar-refractivity contribution in [1.82, 2.24) is 0 Å². The summed E-state index contributed by atoms with van der Waals surface area (Å²) in [5.74, 6) is -1.18. The van der Waals surface area contributed by atoms with E-state index in [-0.39, 0.29) is 11.3 Å². The second-order valence-corrected chi connectivity index (χ2v) is 6.27. The van der Waals surface area contributed by atoms with Crippen LogP contribution in [0.1, 0.15) is 31.8 Å². The first-order valence-electron chi connectivity index (χ1n) is 8.76. The molecule has 1 amide bonds. The fourth-order valence-corrected chi connectivity index (χ4v) is 2.65. The number of anilines is 1. The summed E-state index contributed by atoms with van der Waals surface area (Å²) in [6.45, 7) is 1.53. The number of amides is 1. The average Bonchev–Trinajstić information content (AvgIpc) is 2.72. The molecule has 1 N–H and O–H groups in total. The van der Waals surface area contributed by atoms with Crippen molar-refractivity contribution >= 4 is 23.3 Å². The maximum absolute atomic E-state index is 12.4. The molecule has 3 aromatic rings. The first kappa shape index (κ1) is 19.0. The van der Waals surface area contributed by atoms with Crippen LogP contribution in [-0.2, 0) is 9.53 Å². The molecule has 0 atom stereocenters. The molecule has 0 bridgehead atoms. The SMILES string of the molecule is Cc1cccc(NC(=O)COC(=O)c2ccc(C(=O)c3ccccc3)cc2)c1. The Hall–Kier alpha value is -3.73. The molecule has 0 heterocycles. The normalized spacial score (nSPS) is 10.2. The summed E-state index contributed by atoms with van der Waals surface area (Å²) in [5.41, 5.74) is 2.98. The minimum atomic E-state index is -0.627. The number of nitrogens with one attached hydrogen (secondary N) is 1. The van der Waals surface area contributed by atoms with Gasteiger partial charge in [-0.2, -0.15) is 0 Å². The maximum atomic E-state index is 12.4. The molecule has 5 nitrogen and oxygen atoms in total. The van der Waals surface area contributed by atoms with E-state index in [0.29, 0.717) is 16.8 Å². The lowest BCUT2D eigenvalue weighted by molar-refractivity contribution is -0.119. The Kier molecular flexibility index (Phi) is 5.97. The second-order valence-electron chi connectivity index (χ2n) is 6.27. The van der Waals surface area contributed by atoms with Crippen molar-refractivity contribution in [3.63, 3.8) is 0 Å². The zero-order chi connectivity index (χ0) is 19.9. The number of hydrogen-bond acceptors (Lipinski definition) is 4. The van der Waals surface area contributed by atoms with Crippen LogP contribution in [0.5, 0.6) is 0 Å². The molecular formula is C23H19NO4. The van der Waals surface area contributed by atoms with Crippen LogP contribution in [0, 0.1) is 6.92 Å². The van der Waals surface area contributed by atoms with Gasteiger partial charge in [0.05, 0.1) is 5.56 Å². The van der Waals surface area contributed by atoms with E-state index >= 15 is 0 Å². The molecule has 0 aromatic heterocycles.